The molecule has 1 aromatic rings. The van der Waals surface area contributed by atoms with E-state index in [1.807, 2.05) is 0 Å². The van der Waals surface area contributed by atoms with E-state index >= 15 is 0 Å². The summed E-state index contributed by atoms with van der Waals surface area (Å²) in [6, 6.07) is 5.37. The number of hydrazone groups is 1. The summed E-state index contributed by atoms with van der Waals surface area (Å²) in [4.78, 5) is 11.4. The molecule has 0 unspecified atom stereocenters. The van der Waals surface area contributed by atoms with Gasteiger partial charge in [0.05, 0.1) is 20.4 Å². The van der Waals surface area contributed by atoms with Crippen LogP contribution >= 0.6 is 0 Å². The molecule has 0 aromatic heterocycles. The first-order valence-electron chi connectivity index (χ1n) is 6.10. The lowest BCUT2D eigenvalue weighted by Crippen LogP contribution is -2.29. The molecule has 1 amide bonds. The number of rotatable bonds is 4. The minimum absolute atomic E-state index is 0.546. The van der Waals surface area contributed by atoms with Gasteiger partial charge in [0.25, 0.3) is 0 Å². The van der Waals surface area contributed by atoms with E-state index in [1.165, 1.54) is 13.3 Å². The Morgan fingerprint density at radius 1 is 1.25 bits per heavy atom. The van der Waals surface area contributed by atoms with Crippen LogP contribution in [0.3, 0.4) is 0 Å². The Morgan fingerprint density at radius 3 is 2.50 bits per heavy atom. The van der Waals surface area contributed by atoms with Gasteiger partial charge >= 0.3 is 6.09 Å². The largest absolute Gasteiger partial charge is 0.493 e. The summed E-state index contributed by atoms with van der Waals surface area (Å²) in [5.74, 6) is 1.14. The van der Waals surface area contributed by atoms with Crippen molar-refractivity contribution in [3.63, 3.8) is 0 Å². The van der Waals surface area contributed by atoms with Crippen LogP contribution in [0, 0.1) is 0 Å². The predicted octanol–water partition coefficient (Wildman–Crippen LogP) is 2.56. The van der Waals surface area contributed by atoms with Crippen LogP contribution in [0.5, 0.6) is 11.5 Å². The van der Waals surface area contributed by atoms with Gasteiger partial charge in [0.1, 0.15) is 5.60 Å². The first kappa shape index (κ1) is 15.8. The summed E-state index contributed by atoms with van der Waals surface area (Å²) in [5.41, 5.74) is 2.41. The highest BCUT2D eigenvalue weighted by molar-refractivity contribution is 5.85. The molecule has 0 heterocycles. The summed E-state index contributed by atoms with van der Waals surface area (Å²) in [5, 5.41) is 3.82. The topological polar surface area (TPSA) is 69.2 Å². The Balaban J connectivity index is 2.74. The SMILES string of the molecule is COc1cccc(/C=N\NC(=O)OC(C)(C)C)c1OC. The van der Waals surface area contributed by atoms with Gasteiger partial charge in [-0.1, -0.05) is 6.07 Å². The number of methoxy groups -OCH3 is 2. The number of hydrogen-bond acceptors (Lipinski definition) is 5. The zero-order valence-electron chi connectivity index (χ0n) is 12.4. The molecular weight excluding hydrogens is 260 g/mol. The van der Waals surface area contributed by atoms with E-state index in [-0.39, 0.29) is 0 Å². The fraction of sp³-hybridized carbons (Fsp3) is 0.429. The molecular formula is C14H20N2O4. The molecule has 0 aliphatic heterocycles. The molecule has 0 radical (unpaired) electrons. The molecule has 1 rings (SSSR count). The van der Waals surface area contributed by atoms with Crippen LogP contribution in [0.4, 0.5) is 4.79 Å². The van der Waals surface area contributed by atoms with Crippen LogP contribution in [0.15, 0.2) is 23.3 Å². The fourth-order valence-electron chi connectivity index (χ4n) is 1.47. The van der Waals surface area contributed by atoms with Crippen molar-refractivity contribution in [2.45, 2.75) is 26.4 Å². The number of para-hydroxylation sites is 1. The Hall–Kier alpha value is -2.24. The lowest BCUT2D eigenvalue weighted by atomic mass is 10.2. The maximum atomic E-state index is 11.4. The van der Waals surface area contributed by atoms with Crippen LogP contribution in [0.2, 0.25) is 0 Å². The van der Waals surface area contributed by atoms with Crippen molar-refractivity contribution in [2.75, 3.05) is 14.2 Å². The van der Waals surface area contributed by atoms with Gasteiger partial charge in [-0.2, -0.15) is 5.10 Å². The van der Waals surface area contributed by atoms with Crippen molar-refractivity contribution in [3.8, 4) is 11.5 Å². The minimum Gasteiger partial charge on any atom is -0.493 e. The lowest BCUT2D eigenvalue weighted by Gasteiger charge is -2.18. The van der Waals surface area contributed by atoms with Crippen molar-refractivity contribution < 1.29 is 19.0 Å². The Bertz CT molecular complexity index is 492. The number of hydrogen-bond donors (Lipinski definition) is 1. The molecule has 1 aromatic carbocycles. The summed E-state index contributed by atoms with van der Waals surface area (Å²) < 4.78 is 15.5. The highest BCUT2D eigenvalue weighted by Crippen LogP contribution is 2.29. The standard InChI is InChI=1S/C14H20N2O4/c1-14(2,3)20-13(17)16-15-9-10-7-6-8-11(18-4)12(10)19-5/h6-9H,1-5H3,(H,16,17)/b15-9-. The third-order valence-electron chi connectivity index (χ3n) is 2.19. The molecule has 0 atom stereocenters. The first-order valence-corrected chi connectivity index (χ1v) is 6.10. The number of nitrogens with one attached hydrogen (secondary N) is 1. The van der Waals surface area contributed by atoms with Gasteiger partial charge in [0, 0.05) is 5.56 Å². The number of benzene rings is 1. The Kier molecular flexibility index (Phi) is 5.37. The molecule has 1 N–H and O–H groups in total. The summed E-state index contributed by atoms with van der Waals surface area (Å²) in [6.45, 7) is 5.34. The minimum atomic E-state index is -0.615. The Labute approximate surface area is 118 Å². The van der Waals surface area contributed by atoms with Gasteiger partial charge in [0.2, 0.25) is 0 Å². The fourth-order valence-corrected chi connectivity index (χ4v) is 1.47. The van der Waals surface area contributed by atoms with Gasteiger partial charge < -0.3 is 14.2 Å². The van der Waals surface area contributed by atoms with Gasteiger partial charge in [-0.25, -0.2) is 10.2 Å². The van der Waals surface area contributed by atoms with Crippen molar-refractivity contribution in [1.29, 1.82) is 0 Å². The second-order valence-corrected chi connectivity index (χ2v) is 4.95. The number of carbonyl (C=O) groups is 1. The van der Waals surface area contributed by atoms with Crippen molar-refractivity contribution in [1.82, 2.24) is 5.43 Å². The molecule has 20 heavy (non-hydrogen) atoms. The third kappa shape index (κ3) is 4.79. The van der Waals surface area contributed by atoms with Gasteiger partial charge in [-0.05, 0) is 32.9 Å². The molecule has 0 bridgehead atoms. The second kappa shape index (κ2) is 6.79. The molecule has 0 saturated heterocycles. The molecule has 0 aliphatic carbocycles. The van der Waals surface area contributed by atoms with E-state index in [2.05, 4.69) is 10.5 Å². The highest BCUT2D eigenvalue weighted by Gasteiger charge is 2.15. The van der Waals surface area contributed by atoms with E-state index in [4.69, 9.17) is 14.2 Å². The maximum Gasteiger partial charge on any atom is 0.428 e. The van der Waals surface area contributed by atoms with E-state index in [1.54, 1.807) is 46.1 Å². The molecule has 0 saturated carbocycles. The van der Waals surface area contributed by atoms with E-state index in [0.717, 1.165) is 0 Å². The zero-order chi connectivity index (χ0) is 15.2. The first-order chi connectivity index (χ1) is 9.37. The molecule has 110 valence electrons. The monoisotopic (exact) mass is 280 g/mol. The predicted molar refractivity (Wildman–Crippen MR) is 76.5 cm³/mol. The summed E-state index contributed by atoms with van der Waals surface area (Å²) in [7, 11) is 3.09. The molecule has 0 spiro atoms. The maximum absolute atomic E-state index is 11.4. The van der Waals surface area contributed by atoms with E-state index < -0.39 is 11.7 Å². The highest BCUT2D eigenvalue weighted by atomic mass is 16.6. The molecule has 0 fully saturated rings. The van der Waals surface area contributed by atoms with Crippen LogP contribution in [-0.2, 0) is 4.74 Å². The van der Waals surface area contributed by atoms with Crippen molar-refractivity contribution in [2.24, 2.45) is 5.10 Å². The summed E-state index contributed by atoms with van der Waals surface area (Å²) >= 11 is 0. The number of nitrogens with zero attached hydrogens (tertiary/aromatic N) is 1. The number of ether oxygens (including phenoxy) is 3. The summed E-state index contributed by atoms with van der Waals surface area (Å²) in [6.07, 6.45) is 0.848. The lowest BCUT2D eigenvalue weighted by molar-refractivity contribution is 0.0529. The number of carbonyl (C=O) groups excluding carboxylic acids is 1. The van der Waals surface area contributed by atoms with Crippen LogP contribution in [0.1, 0.15) is 26.3 Å². The third-order valence-corrected chi connectivity index (χ3v) is 2.19. The smallest absolute Gasteiger partial charge is 0.428 e. The van der Waals surface area contributed by atoms with Crippen LogP contribution < -0.4 is 14.9 Å². The van der Waals surface area contributed by atoms with Gasteiger partial charge in [-0.3, -0.25) is 0 Å². The van der Waals surface area contributed by atoms with Gasteiger partial charge in [-0.15, -0.1) is 0 Å². The van der Waals surface area contributed by atoms with E-state index in [0.29, 0.717) is 17.1 Å². The second-order valence-electron chi connectivity index (χ2n) is 4.95. The average Bonchev–Trinajstić information content (AvgIpc) is 2.36. The average molecular weight is 280 g/mol. The number of amides is 1. The van der Waals surface area contributed by atoms with E-state index in [9.17, 15) is 4.79 Å². The molecule has 6 heteroatoms. The van der Waals surface area contributed by atoms with Crippen molar-refractivity contribution >= 4 is 12.3 Å². The Morgan fingerprint density at radius 2 is 1.95 bits per heavy atom. The molecule has 6 nitrogen and oxygen atoms in total. The van der Waals surface area contributed by atoms with Crippen LogP contribution in [-0.4, -0.2) is 32.1 Å². The molecule has 0 aliphatic rings. The zero-order valence-corrected chi connectivity index (χ0v) is 12.4. The normalized spacial score (nSPS) is 11.2. The van der Waals surface area contributed by atoms with Crippen molar-refractivity contribution in [3.05, 3.63) is 23.8 Å². The van der Waals surface area contributed by atoms with Gasteiger partial charge in [0.15, 0.2) is 11.5 Å². The van der Waals surface area contributed by atoms with Crippen LogP contribution in [0.25, 0.3) is 0 Å². The quantitative estimate of drug-likeness (QED) is 0.679.